The molecule has 0 radical (unpaired) electrons. The molecule has 0 aliphatic carbocycles. The number of aromatic nitrogens is 2. The molecule has 0 spiro atoms. The number of carbonyl (C=O) groups excluding carboxylic acids is 1. The van der Waals surface area contributed by atoms with Gasteiger partial charge in [-0.15, -0.1) is 0 Å². The van der Waals surface area contributed by atoms with Crippen LogP contribution >= 0.6 is 11.6 Å². The molecule has 0 aliphatic rings. The van der Waals surface area contributed by atoms with Crippen molar-refractivity contribution in [1.82, 2.24) is 9.97 Å². The number of hydrogen-bond acceptors (Lipinski definition) is 5. The molecule has 1 aromatic carbocycles. The van der Waals surface area contributed by atoms with E-state index in [1.807, 2.05) is 0 Å². The van der Waals surface area contributed by atoms with Gasteiger partial charge in [0.25, 0.3) is 0 Å². The normalized spacial score (nSPS) is 9.90. The zero-order chi connectivity index (χ0) is 14.7. The predicted molar refractivity (Wildman–Crippen MR) is 71.6 cm³/mol. The predicted octanol–water partition coefficient (Wildman–Crippen LogP) is 3.01. The third kappa shape index (κ3) is 2.73. The van der Waals surface area contributed by atoms with Crippen molar-refractivity contribution in [3.8, 4) is 6.07 Å². The number of rotatable bonds is 3. The summed E-state index contributed by atoms with van der Waals surface area (Å²) in [4.78, 5) is 18.9. The molecule has 0 amide bonds. The van der Waals surface area contributed by atoms with Crippen molar-refractivity contribution < 1.29 is 9.18 Å². The Morgan fingerprint density at radius 1 is 1.45 bits per heavy atom. The maximum atomic E-state index is 13.2. The highest BCUT2D eigenvalue weighted by molar-refractivity contribution is 6.32. The molecule has 0 fully saturated rings. The van der Waals surface area contributed by atoms with Crippen LogP contribution in [0.25, 0.3) is 0 Å². The molecule has 100 valence electrons. The first-order valence-corrected chi connectivity index (χ1v) is 5.89. The average molecular weight is 291 g/mol. The van der Waals surface area contributed by atoms with Crippen LogP contribution in [-0.2, 0) is 0 Å². The van der Waals surface area contributed by atoms with Crippen molar-refractivity contribution in [1.29, 1.82) is 5.26 Å². The lowest BCUT2D eigenvalue weighted by Gasteiger charge is -2.10. The number of nitrogens with zero attached hydrogens (tertiary/aromatic N) is 3. The molecule has 0 saturated carbocycles. The monoisotopic (exact) mass is 290 g/mol. The summed E-state index contributed by atoms with van der Waals surface area (Å²) in [6.07, 6.45) is 0.527. The van der Waals surface area contributed by atoms with Gasteiger partial charge in [0.2, 0.25) is 0 Å². The van der Waals surface area contributed by atoms with Crippen LogP contribution < -0.4 is 5.32 Å². The second-order valence-electron chi connectivity index (χ2n) is 3.87. The largest absolute Gasteiger partial charge is 0.339 e. The number of aldehydes is 1. The lowest BCUT2D eigenvalue weighted by atomic mass is 10.2. The molecule has 0 unspecified atom stereocenters. The summed E-state index contributed by atoms with van der Waals surface area (Å²) in [7, 11) is 0. The van der Waals surface area contributed by atoms with Gasteiger partial charge < -0.3 is 5.32 Å². The van der Waals surface area contributed by atoms with Gasteiger partial charge in [-0.3, -0.25) is 4.79 Å². The summed E-state index contributed by atoms with van der Waals surface area (Å²) < 4.78 is 13.2. The van der Waals surface area contributed by atoms with Gasteiger partial charge in [-0.25, -0.2) is 14.4 Å². The van der Waals surface area contributed by atoms with E-state index in [1.54, 1.807) is 13.0 Å². The van der Waals surface area contributed by atoms with Gasteiger partial charge in [-0.1, -0.05) is 11.6 Å². The van der Waals surface area contributed by atoms with Gasteiger partial charge >= 0.3 is 0 Å². The van der Waals surface area contributed by atoms with Crippen LogP contribution in [0.3, 0.4) is 0 Å². The van der Waals surface area contributed by atoms with Crippen LogP contribution in [0.15, 0.2) is 18.2 Å². The number of aryl methyl sites for hydroxylation is 1. The highest BCUT2D eigenvalue weighted by atomic mass is 35.5. The minimum Gasteiger partial charge on any atom is -0.339 e. The Kier molecular flexibility index (Phi) is 3.91. The SMILES string of the molecule is Cc1nc(Cl)c(C=O)c(Nc2ccc(F)c(C#N)c2)n1. The first-order valence-electron chi connectivity index (χ1n) is 5.51. The summed E-state index contributed by atoms with van der Waals surface area (Å²) in [5.41, 5.74) is 0.403. The maximum Gasteiger partial charge on any atom is 0.156 e. The number of carbonyl (C=O) groups is 1. The standard InChI is InChI=1S/C13H8ClFN4O/c1-7-17-12(14)10(6-20)13(18-7)19-9-2-3-11(15)8(4-9)5-16/h2-4,6H,1H3,(H,17,18,19). The summed E-state index contributed by atoms with van der Waals surface area (Å²) in [5.74, 6) is -0.0377. The Balaban J connectivity index is 2.45. The fourth-order valence-electron chi connectivity index (χ4n) is 1.57. The maximum absolute atomic E-state index is 13.2. The molecule has 0 bridgehead atoms. The molecule has 1 N–H and O–H groups in total. The van der Waals surface area contributed by atoms with Crippen LogP contribution in [-0.4, -0.2) is 16.3 Å². The summed E-state index contributed by atoms with van der Waals surface area (Å²) in [5, 5.41) is 11.6. The van der Waals surface area contributed by atoms with Crippen LogP contribution in [0.5, 0.6) is 0 Å². The van der Waals surface area contributed by atoms with E-state index in [2.05, 4.69) is 15.3 Å². The van der Waals surface area contributed by atoms with Crippen LogP contribution in [0.1, 0.15) is 21.7 Å². The first kappa shape index (κ1) is 13.9. The van der Waals surface area contributed by atoms with Crippen LogP contribution in [0.2, 0.25) is 5.15 Å². The van der Waals surface area contributed by atoms with Gasteiger partial charge in [-0.2, -0.15) is 5.26 Å². The van der Waals surface area contributed by atoms with E-state index in [0.29, 0.717) is 17.8 Å². The van der Waals surface area contributed by atoms with Crippen molar-refractivity contribution in [2.45, 2.75) is 6.92 Å². The molecule has 0 aliphatic heterocycles. The number of benzene rings is 1. The average Bonchev–Trinajstić information content (AvgIpc) is 2.40. The second-order valence-corrected chi connectivity index (χ2v) is 4.23. The van der Waals surface area contributed by atoms with Gasteiger partial charge in [0.05, 0.1) is 11.1 Å². The topological polar surface area (TPSA) is 78.7 Å². The zero-order valence-corrected chi connectivity index (χ0v) is 11.1. The molecule has 20 heavy (non-hydrogen) atoms. The lowest BCUT2D eigenvalue weighted by Crippen LogP contribution is -2.03. The van der Waals surface area contributed by atoms with Gasteiger partial charge in [-0.05, 0) is 25.1 Å². The molecule has 2 rings (SSSR count). The van der Waals surface area contributed by atoms with Crippen molar-refractivity contribution in [2.75, 3.05) is 5.32 Å². The van der Waals surface area contributed by atoms with Crippen molar-refractivity contribution in [3.63, 3.8) is 0 Å². The van der Waals surface area contributed by atoms with E-state index in [4.69, 9.17) is 16.9 Å². The van der Waals surface area contributed by atoms with Gasteiger partial charge in [0.1, 0.15) is 28.7 Å². The first-order chi connectivity index (χ1) is 9.55. The second kappa shape index (κ2) is 5.63. The Hall–Kier alpha value is -2.52. The number of halogens is 2. The summed E-state index contributed by atoms with van der Waals surface area (Å²) >= 11 is 5.85. The fraction of sp³-hybridized carbons (Fsp3) is 0.0769. The fourth-order valence-corrected chi connectivity index (χ4v) is 1.83. The van der Waals surface area contributed by atoms with E-state index in [9.17, 15) is 9.18 Å². The Morgan fingerprint density at radius 3 is 2.85 bits per heavy atom. The van der Waals surface area contributed by atoms with Crippen LogP contribution in [0, 0.1) is 24.1 Å². The van der Waals surface area contributed by atoms with E-state index >= 15 is 0 Å². The van der Waals surface area contributed by atoms with Gasteiger partial charge in [0.15, 0.2) is 6.29 Å². The highest BCUT2D eigenvalue weighted by Crippen LogP contribution is 2.24. The molecule has 1 aromatic heterocycles. The third-order valence-electron chi connectivity index (χ3n) is 2.48. The lowest BCUT2D eigenvalue weighted by molar-refractivity contribution is 0.112. The number of hydrogen-bond donors (Lipinski definition) is 1. The third-order valence-corrected chi connectivity index (χ3v) is 2.77. The molecule has 1 heterocycles. The van der Waals surface area contributed by atoms with Crippen LogP contribution in [0.4, 0.5) is 15.9 Å². The summed E-state index contributed by atoms with van der Waals surface area (Å²) in [6, 6.07) is 5.62. The van der Waals surface area contributed by atoms with E-state index in [-0.39, 0.29) is 22.1 Å². The van der Waals surface area contributed by atoms with Gasteiger partial charge in [0, 0.05) is 5.69 Å². The van der Waals surface area contributed by atoms with E-state index in [0.717, 1.165) is 6.07 Å². The Labute approximate surface area is 119 Å². The smallest absolute Gasteiger partial charge is 0.156 e. The van der Waals surface area contributed by atoms with E-state index in [1.165, 1.54) is 12.1 Å². The molecular formula is C13H8ClFN4O. The minimum absolute atomic E-state index is 0.0256. The minimum atomic E-state index is -0.620. The summed E-state index contributed by atoms with van der Waals surface area (Å²) in [6.45, 7) is 1.62. The molecular weight excluding hydrogens is 283 g/mol. The van der Waals surface area contributed by atoms with Crippen molar-refractivity contribution in [3.05, 3.63) is 46.1 Å². The Morgan fingerprint density at radius 2 is 2.20 bits per heavy atom. The number of anilines is 2. The molecule has 0 atom stereocenters. The molecule has 7 heteroatoms. The zero-order valence-electron chi connectivity index (χ0n) is 10.3. The Bertz CT molecular complexity index is 727. The highest BCUT2D eigenvalue weighted by Gasteiger charge is 2.12. The number of nitrogens with one attached hydrogen (secondary N) is 1. The number of nitriles is 1. The van der Waals surface area contributed by atoms with Crippen molar-refractivity contribution in [2.24, 2.45) is 0 Å². The molecule has 5 nitrogen and oxygen atoms in total. The molecule has 0 saturated heterocycles. The van der Waals surface area contributed by atoms with Crippen molar-refractivity contribution >= 4 is 29.4 Å². The molecule has 2 aromatic rings. The quantitative estimate of drug-likeness (QED) is 0.694. The van der Waals surface area contributed by atoms with E-state index < -0.39 is 5.82 Å².